The third kappa shape index (κ3) is 1.99. The molecule has 1 atom stereocenters. The van der Waals surface area contributed by atoms with Gasteiger partial charge in [0.05, 0.1) is 0 Å². The molecule has 1 aromatic rings. The van der Waals surface area contributed by atoms with Crippen molar-refractivity contribution in [2.45, 2.75) is 26.3 Å². The van der Waals surface area contributed by atoms with Gasteiger partial charge in [0.1, 0.15) is 0 Å². The summed E-state index contributed by atoms with van der Waals surface area (Å²) < 4.78 is 0. The minimum Gasteiger partial charge on any atom is -0.324 e. The van der Waals surface area contributed by atoms with Crippen LogP contribution in [0.15, 0.2) is 18.2 Å². The van der Waals surface area contributed by atoms with Crippen LogP contribution in [-0.4, -0.2) is 0 Å². The van der Waals surface area contributed by atoms with E-state index in [2.05, 4.69) is 13.0 Å². The summed E-state index contributed by atoms with van der Waals surface area (Å²) in [6, 6.07) is 6.02. The van der Waals surface area contributed by atoms with Gasteiger partial charge in [0.15, 0.2) is 0 Å². The van der Waals surface area contributed by atoms with Crippen LogP contribution in [-0.2, 0) is 0 Å². The summed E-state index contributed by atoms with van der Waals surface area (Å²) in [4.78, 5) is 0. The van der Waals surface area contributed by atoms with Crippen LogP contribution >= 0.6 is 11.6 Å². The lowest BCUT2D eigenvalue weighted by Crippen LogP contribution is -2.09. The van der Waals surface area contributed by atoms with Crippen molar-refractivity contribution in [3.8, 4) is 0 Å². The molecule has 0 heterocycles. The lowest BCUT2D eigenvalue weighted by Gasteiger charge is -2.11. The first kappa shape index (κ1) is 9.56. The zero-order valence-electron chi connectivity index (χ0n) is 7.47. The molecular weight excluding hydrogens is 170 g/mol. The summed E-state index contributed by atoms with van der Waals surface area (Å²) >= 11 is 5.99. The van der Waals surface area contributed by atoms with Crippen molar-refractivity contribution in [2.24, 2.45) is 5.73 Å². The average Bonchev–Trinajstić information content (AvgIpc) is 2.08. The molecule has 12 heavy (non-hydrogen) atoms. The van der Waals surface area contributed by atoms with Crippen molar-refractivity contribution < 1.29 is 0 Å². The van der Waals surface area contributed by atoms with Gasteiger partial charge in [0, 0.05) is 11.1 Å². The molecule has 2 heteroatoms. The largest absolute Gasteiger partial charge is 0.324 e. The van der Waals surface area contributed by atoms with Crippen LogP contribution in [0, 0.1) is 6.92 Å². The van der Waals surface area contributed by atoms with Crippen molar-refractivity contribution in [1.29, 1.82) is 0 Å². The fourth-order valence-corrected chi connectivity index (χ4v) is 1.42. The fraction of sp³-hybridized carbons (Fsp3) is 0.400. The second-order valence-corrected chi connectivity index (χ2v) is 3.45. The summed E-state index contributed by atoms with van der Waals surface area (Å²) in [5.74, 6) is 0. The predicted molar refractivity (Wildman–Crippen MR) is 53.4 cm³/mol. The van der Waals surface area contributed by atoms with Gasteiger partial charge >= 0.3 is 0 Å². The van der Waals surface area contributed by atoms with Crippen molar-refractivity contribution in [1.82, 2.24) is 0 Å². The predicted octanol–water partition coefficient (Wildman–Crippen LogP) is 3.06. The van der Waals surface area contributed by atoms with Crippen LogP contribution in [0.1, 0.15) is 30.5 Å². The smallest absolute Gasteiger partial charge is 0.0453 e. The van der Waals surface area contributed by atoms with Crippen molar-refractivity contribution in [2.75, 3.05) is 0 Å². The van der Waals surface area contributed by atoms with E-state index in [0.29, 0.717) is 0 Å². The number of hydrogen-bond donors (Lipinski definition) is 1. The highest BCUT2D eigenvalue weighted by Gasteiger charge is 2.07. The molecule has 0 saturated carbocycles. The quantitative estimate of drug-likeness (QED) is 0.750. The Hall–Kier alpha value is -0.530. The van der Waals surface area contributed by atoms with E-state index < -0.39 is 0 Å². The van der Waals surface area contributed by atoms with Gasteiger partial charge in [-0.25, -0.2) is 0 Å². The normalized spacial score (nSPS) is 13.0. The van der Waals surface area contributed by atoms with E-state index in [0.717, 1.165) is 17.0 Å². The standard InChI is InChI=1S/C10H14ClN/c1-3-10(12)8-6-7(2)4-5-9(8)11/h4-6,10H,3,12H2,1-2H3. The Morgan fingerprint density at radius 3 is 2.75 bits per heavy atom. The van der Waals surface area contributed by atoms with Gasteiger partial charge < -0.3 is 5.73 Å². The van der Waals surface area contributed by atoms with E-state index in [4.69, 9.17) is 17.3 Å². The number of nitrogens with two attached hydrogens (primary N) is 1. The molecule has 0 bridgehead atoms. The van der Waals surface area contributed by atoms with E-state index in [1.807, 2.05) is 19.1 Å². The minimum atomic E-state index is 0.0670. The van der Waals surface area contributed by atoms with Crippen molar-refractivity contribution in [3.63, 3.8) is 0 Å². The molecule has 66 valence electrons. The zero-order chi connectivity index (χ0) is 9.14. The van der Waals surface area contributed by atoms with Gasteiger partial charge in [0.25, 0.3) is 0 Å². The Labute approximate surface area is 78.5 Å². The van der Waals surface area contributed by atoms with Gasteiger partial charge in [-0.3, -0.25) is 0 Å². The lowest BCUT2D eigenvalue weighted by atomic mass is 10.0. The number of aryl methyl sites for hydroxylation is 1. The first-order valence-electron chi connectivity index (χ1n) is 4.16. The second kappa shape index (κ2) is 3.92. The number of hydrogen-bond acceptors (Lipinski definition) is 1. The van der Waals surface area contributed by atoms with Crippen molar-refractivity contribution >= 4 is 11.6 Å². The number of benzene rings is 1. The van der Waals surface area contributed by atoms with E-state index in [1.54, 1.807) is 0 Å². The number of halogens is 1. The van der Waals surface area contributed by atoms with Crippen LogP contribution in [0.4, 0.5) is 0 Å². The molecule has 0 amide bonds. The molecule has 0 saturated heterocycles. The van der Waals surface area contributed by atoms with Crippen molar-refractivity contribution in [3.05, 3.63) is 34.3 Å². The van der Waals surface area contributed by atoms with Crippen LogP contribution in [0.2, 0.25) is 5.02 Å². The highest BCUT2D eigenvalue weighted by molar-refractivity contribution is 6.31. The molecule has 1 unspecified atom stereocenters. The molecule has 0 spiro atoms. The van der Waals surface area contributed by atoms with Crippen LogP contribution in [0.5, 0.6) is 0 Å². The SMILES string of the molecule is CCC(N)c1cc(C)ccc1Cl. The summed E-state index contributed by atoms with van der Waals surface area (Å²) in [7, 11) is 0. The van der Waals surface area contributed by atoms with Crippen LogP contribution in [0.3, 0.4) is 0 Å². The molecule has 0 fully saturated rings. The topological polar surface area (TPSA) is 26.0 Å². The summed E-state index contributed by atoms with van der Waals surface area (Å²) in [6.07, 6.45) is 0.920. The second-order valence-electron chi connectivity index (χ2n) is 3.04. The number of rotatable bonds is 2. The van der Waals surface area contributed by atoms with Gasteiger partial charge in [-0.1, -0.05) is 36.2 Å². The summed E-state index contributed by atoms with van der Waals surface area (Å²) in [6.45, 7) is 4.10. The third-order valence-corrected chi connectivity index (χ3v) is 2.34. The molecule has 0 aliphatic heterocycles. The van der Waals surface area contributed by atoms with E-state index in [1.165, 1.54) is 5.56 Å². The van der Waals surface area contributed by atoms with Gasteiger partial charge in [0.2, 0.25) is 0 Å². The molecule has 2 N–H and O–H groups in total. The minimum absolute atomic E-state index is 0.0670. The zero-order valence-corrected chi connectivity index (χ0v) is 8.23. The maximum Gasteiger partial charge on any atom is 0.0453 e. The molecule has 1 rings (SSSR count). The highest BCUT2D eigenvalue weighted by atomic mass is 35.5. The van der Waals surface area contributed by atoms with Gasteiger partial charge in [-0.05, 0) is 25.0 Å². The molecule has 0 aliphatic rings. The lowest BCUT2D eigenvalue weighted by molar-refractivity contribution is 0.698. The van der Waals surface area contributed by atoms with Gasteiger partial charge in [-0.15, -0.1) is 0 Å². The maximum atomic E-state index is 5.99. The molecule has 1 aromatic carbocycles. The molecule has 1 nitrogen and oxygen atoms in total. The van der Waals surface area contributed by atoms with E-state index in [-0.39, 0.29) is 6.04 Å². The van der Waals surface area contributed by atoms with Gasteiger partial charge in [-0.2, -0.15) is 0 Å². The monoisotopic (exact) mass is 183 g/mol. The van der Waals surface area contributed by atoms with E-state index in [9.17, 15) is 0 Å². The third-order valence-electron chi connectivity index (χ3n) is 1.99. The Balaban J connectivity index is 3.04. The maximum absolute atomic E-state index is 5.99. The molecular formula is C10H14ClN. The summed E-state index contributed by atoms with van der Waals surface area (Å²) in [5.41, 5.74) is 8.14. The Morgan fingerprint density at radius 1 is 1.50 bits per heavy atom. The molecule has 0 radical (unpaired) electrons. The Morgan fingerprint density at radius 2 is 2.17 bits per heavy atom. The first-order valence-corrected chi connectivity index (χ1v) is 4.54. The van der Waals surface area contributed by atoms with Crippen LogP contribution in [0.25, 0.3) is 0 Å². The Kier molecular flexibility index (Phi) is 3.12. The highest BCUT2D eigenvalue weighted by Crippen LogP contribution is 2.24. The molecule has 0 aromatic heterocycles. The van der Waals surface area contributed by atoms with E-state index >= 15 is 0 Å². The first-order chi connectivity index (χ1) is 5.65. The fourth-order valence-electron chi connectivity index (χ4n) is 1.17. The average molecular weight is 184 g/mol. The van der Waals surface area contributed by atoms with Crippen LogP contribution < -0.4 is 5.73 Å². The molecule has 0 aliphatic carbocycles. The Bertz CT molecular complexity index is 271. The summed E-state index contributed by atoms with van der Waals surface area (Å²) in [5, 5.41) is 0.773.